The first-order valence-corrected chi connectivity index (χ1v) is 9.44. The number of aromatic nitrogens is 1. The van der Waals surface area contributed by atoms with Crippen molar-refractivity contribution in [3.05, 3.63) is 71.6 Å². The molecule has 0 aliphatic carbocycles. The lowest BCUT2D eigenvalue weighted by molar-refractivity contribution is 0.0450. The molecule has 1 aliphatic heterocycles. The molecule has 0 spiro atoms. The van der Waals surface area contributed by atoms with Crippen LogP contribution >= 0.6 is 0 Å². The predicted molar refractivity (Wildman–Crippen MR) is 108 cm³/mol. The van der Waals surface area contributed by atoms with Gasteiger partial charge in [-0.25, -0.2) is 0 Å². The van der Waals surface area contributed by atoms with E-state index in [0.717, 1.165) is 12.2 Å². The van der Waals surface area contributed by atoms with Gasteiger partial charge in [0.15, 0.2) is 0 Å². The molecule has 0 atom stereocenters. The second-order valence-corrected chi connectivity index (χ2v) is 6.73. The van der Waals surface area contributed by atoms with Gasteiger partial charge in [0.2, 0.25) is 0 Å². The zero-order chi connectivity index (χ0) is 19.5. The van der Waals surface area contributed by atoms with Gasteiger partial charge in [0.05, 0.1) is 18.9 Å². The number of hydrogen-bond donors (Lipinski definition) is 3. The number of pyridine rings is 1. The zero-order valence-corrected chi connectivity index (χ0v) is 16.0. The molecule has 3 N–H and O–H groups in total. The molecule has 2 aromatic rings. The van der Waals surface area contributed by atoms with Gasteiger partial charge < -0.3 is 15.3 Å². The molecule has 2 heterocycles. The van der Waals surface area contributed by atoms with Gasteiger partial charge >= 0.3 is 0 Å². The highest BCUT2D eigenvalue weighted by Crippen LogP contribution is 2.22. The third-order valence-corrected chi connectivity index (χ3v) is 4.48. The highest BCUT2D eigenvalue weighted by molar-refractivity contribution is 5.78. The van der Waals surface area contributed by atoms with Gasteiger partial charge in [-0.2, -0.15) is 0 Å². The number of nitrogens with zero attached hydrogens (tertiary/aromatic N) is 2. The van der Waals surface area contributed by atoms with Crippen molar-refractivity contribution in [1.29, 1.82) is 0 Å². The van der Waals surface area contributed by atoms with E-state index in [0.29, 0.717) is 0 Å². The molecule has 3 rings (SSSR count). The van der Waals surface area contributed by atoms with E-state index in [4.69, 9.17) is 15.3 Å². The van der Waals surface area contributed by atoms with Crippen molar-refractivity contribution < 1.29 is 15.3 Å². The molecule has 0 bridgehead atoms. The molecule has 1 saturated heterocycles. The molecule has 1 aliphatic rings. The summed E-state index contributed by atoms with van der Waals surface area (Å²) < 4.78 is 0. The molecule has 0 saturated carbocycles. The molecule has 0 unspecified atom stereocenters. The highest BCUT2D eigenvalue weighted by Gasteiger charge is 2.11. The quantitative estimate of drug-likeness (QED) is 0.727. The molecule has 146 valence electrons. The SMILES string of the molecule is Cc1ccc(/C(=C\CN2CCCC2)c2ccccn2)cc1.OCC(O)CO. The number of benzene rings is 1. The fourth-order valence-electron chi connectivity index (χ4n) is 2.87. The molecular formula is C22H30N2O3. The first kappa shape index (κ1) is 21.3. The Morgan fingerprint density at radius 3 is 2.26 bits per heavy atom. The van der Waals surface area contributed by atoms with Crippen LogP contribution in [0.4, 0.5) is 0 Å². The summed E-state index contributed by atoms with van der Waals surface area (Å²) in [5.41, 5.74) is 4.83. The van der Waals surface area contributed by atoms with Crippen molar-refractivity contribution in [1.82, 2.24) is 9.88 Å². The van der Waals surface area contributed by atoms with Crippen LogP contribution in [0.3, 0.4) is 0 Å². The Morgan fingerprint density at radius 2 is 1.74 bits per heavy atom. The van der Waals surface area contributed by atoms with E-state index in [1.165, 1.54) is 42.6 Å². The first-order valence-electron chi connectivity index (χ1n) is 9.44. The molecule has 1 aromatic heterocycles. The van der Waals surface area contributed by atoms with Crippen LogP contribution in [0.25, 0.3) is 5.57 Å². The maximum atomic E-state index is 8.17. The number of aliphatic hydroxyl groups is 3. The van der Waals surface area contributed by atoms with Crippen molar-refractivity contribution in [2.75, 3.05) is 32.8 Å². The minimum absolute atomic E-state index is 0.365. The van der Waals surface area contributed by atoms with Crippen LogP contribution in [0.1, 0.15) is 29.7 Å². The van der Waals surface area contributed by atoms with Crippen LogP contribution in [-0.2, 0) is 0 Å². The lowest BCUT2D eigenvalue weighted by atomic mass is 10.0. The van der Waals surface area contributed by atoms with Crippen LogP contribution in [0.2, 0.25) is 0 Å². The average Bonchev–Trinajstić information content (AvgIpc) is 3.24. The van der Waals surface area contributed by atoms with E-state index < -0.39 is 6.10 Å². The summed E-state index contributed by atoms with van der Waals surface area (Å²) in [5.74, 6) is 0. The Morgan fingerprint density at radius 1 is 1.07 bits per heavy atom. The van der Waals surface area contributed by atoms with E-state index in [2.05, 4.69) is 59.3 Å². The van der Waals surface area contributed by atoms with Crippen molar-refractivity contribution in [2.45, 2.75) is 25.9 Å². The second kappa shape index (κ2) is 11.6. The second-order valence-electron chi connectivity index (χ2n) is 6.73. The molecule has 5 nitrogen and oxygen atoms in total. The molecular weight excluding hydrogens is 340 g/mol. The van der Waals surface area contributed by atoms with Crippen LogP contribution < -0.4 is 0 Å². The molecule has 1 aromatic carbocycles. The number of likely N-dealkylation sites (tertiary alicyclic amines) is 1. The van der Waals surface area contributed by atoms with Gasteiger partial charge in [-0.15, -0.1) is 0 Å². The lowest BCUT2D eigenvalue weighted by Gasteiger charge is -2.14. The van der Waals surface area contributed by atoms with Crippen LogP contribution in [-0.4, -0.2) is 64.2 Å². The van der Waals surface area contributed by atoms with Gasteiger partial charge in [-0.05, 0) is 50.6 Å². The van der Waals surface area contributed by atoms with E-state index in [1.807, 2.05) is 12.3 Å². The van der Waals surface area contributed by atoms with Gasteiger partial charge in [0, 0.05) is 18.3 Å². The van der Waals surface area contributed by atoms with E-state index >= 15 is 0 Å². The third kappa shape index (κ3) is 7.23. The third-order valence-electron chi connectivity index (χ3n) is 4.48. The van der Waals surface area contributed by atoms with E-state index in [1.54, 1.807) is 0 Å². The highest BCUT2D eigenvalue weighted by atomic mass is 16.3. The Balaban J connectivity index is 0.000000380. The Bertz CT molecular complexity index is 676. The average molecular weight is 370 g/mol. The van der Waals surface area contributed by atoms with E-state index in [9.17, 15) is 0 Å². The van der Waals surface area contributed by atoms with Crippen LogP contribution in [0, 0.1) is 6.92 Å². The molecule has 0 amide bonds. The maximum absolute atomic E-state index is 8.17. The lowest BCUT2D eigenvalue weighted by Crippen LogP contribution is -2.19. The van der Waals surface area contributed by atoms with Crippen molar-refractivity contribution in [3.8, 4) is 0 Å². The van der Waals surface area contributed by atoms with Crippen LogP contribution in [0.15, 0.2) is 54.7 Å². The maximum Gasteiger partial charge on any atom is 0.100 e. The summed E-state index contributed by atoms with van der Waals surface area (Å²) in [6.07, 6.45) is 5.91. The van der Waals surface area contributed by atoms with Crippen LogP contribution in [0.5, 0.6) is 0 Å². The van der Waals surface area contributed by atoms with Gasteiger partial charge in [0.1, 0.15) is 6.10 Å². The van der Waals surface area contributed by atoms with E-state index in [-0.39, 0.29) is 13.2 Å². The van der Waals surface area contributed by atoms with Gasteiger partial charge in [0.25, 0.3) is 0 Å². The molecule has 27 heavy (non-hydrogen) atoms. The summed E-state index contributed by atoms with van der Waals surface area (Å²) in [6.45, 7) is 4.85. The normalized spacial score (nSPS) is 14.9. The minimum Gasteiger partial charge on any atom is -0.394 e. The topological polar surface area (TPSA) is 76.8 Å². The largest absolute Gasteiger partial charge is 0.394 e. The Labute approximate surface area is 161 Å². The summed E-state index contributed by atoms with van der Waals surface area (Å²) >= 11 is 0. The van der Waals surface area contributed by atoms with Crippen molar-refractivity contribution in [3.63, 3.8) is 0 Å². The van der Waals surface area contributed by atoms with Gasteiger partial charge in [-0.3, -0.25) is 9.88 Å². The summed E-state index contributed by atoms with van der Waals surface area (Å²) in [7, 11) is 0. The fraction of sp³-hybridized carbons (Fsp3) is 0.409. The van der Waals surface area contributed by atoms with Crippen molar-refractivity contribution >= 4 is 5.57 Å². The summed E-state index contributed by atoms with van der Waals surface area (Å²) in [5, 5.41) is 24.0. The Kier molecular flexibility index (Phi) is 9.15. The number of hydrogen-bond acceptors (Lipinski definition) is 5. The van der Waals surface area contributed by atoms with Crippen molar-refractivity contribution in [2.24, 2.45) is 0 Å². The number of rotatable bonds is 6. The first-order chi connectivity index (χ1) is 13.1. The molecule has 0 radical (unpaired) electrons. The zero-order valence-electron chi connectivity index (χ0n) is 16.0. The minimum atomic E-state index is -0.954. The number of aryl methyl sites for hydroxylation is 1. The summed E-state index contributed by atoms with van der Waals surface area (Å²) in [6, 6.07) is 14.8. The standard InChI is InChI=1S/C19H22N2.C3H8O3/c1-16-7-9-17(10-8-16)18(19-6-2-3-12-20-19)11-15-21-13-4-5-14-21;4-1-3(6)2-5/h2-3,6-12H,4-5,13-15H2,1H3;3-6H,1-2H2/b18-11+;. The number of aliphatic hydroxyl groups excluding tert-OH is 3. The molecule has 1 fully saturated rings. The smallest absolute Gasteiger partial charge is 0.100 e. The monoisotopic (exact) mass is 370 g/mol. The Hall–Kier alpha value is -2.05. The predicted octanol–water partition coefficient (Wildman–Crippen LogP) is 2.25. The van der Waals surface area contributed by atoms with Gasteiger partial charge in [-0.1, -0.05) is 42.0 Å². The fourth-order valence-corrected chi connectivity index (χ4v) is 2.87. The molecule has 5 heteroatoms. The summed E-state index contributed by atoms with van der Waals surface area (Å²) in [4.78, 5) is 7.05.